The number of hydrogen-bond donors (Lipinski definition) is 0. The molecule has 0 amide bonds. The minimum absolute atomic E-state index is 0.0898. The maximum Gasteiger partial charge on any atom is 0.293 e. The van der Waals surface area contributed by atoms with Gasteiger partial charge in [0.05, 0.1) is 18.1 Å². The largest absolute Gasteiger partial charge is 0.484 e. The van der Waals surface area contributed by atoms with Crippen LogP contribution in [0.15, 0.2) is 47.8 Å². The van der Waals surface area contributed by atoms with E-state index in [1.165, 1.54) is 10.6 Å². The highest BCUT2D eigenvalue weighted by Gasteiger charge is 2.13. The third-order valence-corrected chi connectivity index (χ3v) is 4.00. The Balaban J connectivity index is 1.70. The topological polar surface area (TPSA) is 79.2 Å². The lowest BCUT2D eigenvalue weighted by Gasteiger charge is -2.08. The molecule has 1 aromatic carbocycles. The number of rotatable bonds is 4. The fourth-order valence-electron chi connectivity index (χ4n) is 2.66. The standard InChI is InChI=1S/C17H15FN6O2/c1-22-5-6-24-14(8-19-16(24)17(22)25)11-3-4-13(18)15(7-11)26-10-12-9-23(2)21-20-12/h3-9H,10H2,1-2H3. The lowest BCUT2D eigenvalue weighted by molar-refractivity contribution is 0.286. The molecule has 0 radical (unpaired) electrons. The summed E-state index contributed by atoms with van der Waals surface area (Å²) in [5, 5.41) is 7.71. The van der Waals surface area contributed by atoms with Crippen LogP contribution in [-0.4, -0.2) is 28.9 Å². The summed E-state index contributed by atoms with van der Waals surface area (Å²) in [5.41, 5.74) is 2.04. The first kappa shape index (κ1) is 16.0. The van der Waals surface area contributed by atoms with E-state index in [1.807, 2.05) is 0 Å². The van der Waals surface area contributed by atoms with Gasteiger partial charge in [-0.3, -0.25) is 13.9 Å². The molecule has 0 saturated carbocycles. The molecule has 0 fully saturated rings. The lowest BCUT2D eigenvalue weighted by Crippen LogP contribution is -2.18. The molecule has 4 rings (SSSR count). The number of aromatic nitrogens is 6. The van der Waals surface area contributed by atoms with Gasteiger partial charge in [0.2, 0.25) is 5.65 Å². The van der Waals surface area contributed by atoms with E-state index >= 15 is 0 Å². The second-order valence-corrected chi connectivity index (χ2v) is 5.87. The monoisotopic (exact) mass is 354 g/mol. The van der Waals surface area contributed by atoms with Crippen LogP contribution in [0.5, 0.6) is 5.75 Å². The first-order chi connectivity index (χ1) is 12.5. The van der Waals surface area contributed by atoms with Crippen LogP contribution in [0.1, 0.15) is 5.69 Å². The van der Waals surface area contributed by atoms with E-state index in [4.69, 9.17) is 4.74 Å². The Morgan fingerprint density at radius 2 is 2.08 bits per heavy atom. The molecule has 0 aliphatic carbocycles. The van der Waals surface area contributed by atoms with Crippen molar-refractivity contribution in [2.24, 2.45) is 14.1 Å². The van der Waals surface area contributed by atoms with E-state index in [-0.39, 0.29) is 17.9 Å². The number of aryl methyl sites for hydroxylation is 2. The van der Waals surface area contributed by atoms with Crippen LogP contribution in [0.4, 0.5) is 4.39 Å². The third kappa shape index (κ3) is 2.73. The highest BCUT2D eigenvalue weighted by molar-refractivity contribution is 5.65. The van der Waals surface area contributed by atoms with E-state index in [0.29, 0.717) is 22.6 Å². The minimum atomic E-state index is -0.484. The van der Waals surface area contributed by atoms with Crippen molar-refractivity contribution < 1.29 is 9.13 Å². The fourth-order valence-corrected chi connectivity index (χ4v) is 2.66. The maximum absolute atomic E-state index is 14.1. The Hall–Kier alpha value is -3.49. The Bertz CT molecular complexity index is 1160. The van der Waals surface area contributed by atoms with Crippen molar-refractivity contribution in [3.05, 3.63) is 64.9 Å². The van der Waals surface area contributed by atoms with E-state index in [1.54, 1.807) is 60.1 Å². The molecule has 0 bridgehead atoms. The molecule has 0 aliphatic rings. The van der Waals surface area contributed by atoms with Gasteiger partial charge in [-0.15, -0.1) is 5.10 Å². The van der Waals surface area contributed by atoms with Crippen LogP contribution in [0, 0.1) is 5.82 Å². The zero-order valence-electron chi connectivity index (χ0n) is 14.1. The quantitative estimate of drug-likeness (QED) is 0.556. The molecular formula is C17H15FN6O2. The lowest BCUT2D eigenvalue weighted by atomic mass is 10.1. The summed E-state index contributed by atoms with van der Waals surface area (Å²) in [6, 6.07) is 4.51. The van der Waals surface area contributed by atoms with Gasteiger partial charge in [0.15, 0.2) is 11.6 Å². The van der Waals surface area contributed by atoms with Gasteiger partial charge in [-0.25, -0.2) is 9.37 Å². The predicted molar refractivity (Wildman–Crippen MR) is 91.2 cm³/mol. The van der Waals surface area contributed by atoms with Gasteiger partial charge in [-0.1, -0.05) is 5.21 Å². The summed E-state index contributed by atoms with van der Waals surface area (Å²) in [5.74, 6) is -0.394. The number of benzene rings is 1. The average molecular weight is 354 g/mol. The number of ether oxygens (including phenoxy) is 1. The summed E-state index contributed by atoms with van der Waals surface area (Å²) in [6.07, 6.45) is 6.66. The van der Waals surface area contributed by atoms with Crippen molar-refractivity contribution in [1.29, 1.82) is 0 Å². The summed E-state index contributed by atoms with van der Waals surface area (Å²) in [7, 11) is 3.40. The van der Waals surface area contributed by atoms with Crippen LogP contribution in [0.2, 0.25) is 0 Å². The summed E-state index contributed by atoms with van der Waals surface area (Å²) in [4.78, 5) is 16.3. The highest BCUT2D eigenvalue weighted by atomic mass is 19.1. The first-order valence-corrected chi connectivity index (χ1v) is 7.83. The van der Waals surface area contributed by atoms with Gasteiger partial charge in [0.1, 0.15) is 12.3 Å². The number of hydrogen-bond acceptors (Lipinski definition) is 5. The molecule has 0 unspecified atom stereocenters. The molecule has 0 atom stereocenters. The smallest absolute Gasteiger partial charge is 0.293 e. The van der Waals surface area contributed by atoms with E-state index < -0.39 is 5.82 Å². The Kier molecular flexibility index (Phi) is 3.76. The Morgan fingerprint density at radius 1 is 1.23 bits per heavy atom. The molecule has 0 N–H and O–H groups in total. The van der Waals surface area contributed by atoms with Gasteiger partial charge in [0, 0.05) is 32.1 Å². The Labute approximate surface area is 147 Å². The van der Waals surface area contributed by atoms with Crippen molar-refractivity contribution in [3.63, 3.8) is 0 Å². The molecule has 9 heteroatoms. The molecule has 26 heavy (non-hydrogen) atoms. The second kappa shape index (κ2) is 6.10. The normalized spacial score (nSPS) is 11.2. The van der Waals surface area contributed by atoms with Crippen molar-refractivity contribution in [3.8, 4) is 17.0 Å². The molecule has 0 spiro atoms. The second-order valence-electron chi connectivity index (χ2n) is 5.87. The van der Waals surface area contributed by atoms with Gasteiger partial charge in [-0.2, -0.15) is 0 Å². The number of halogens is 1. The highest BCUT2D eigenvalue weighted by Crippen LogP contribution is 2.27. The zero-order chi connectivity index (χ0) is 18.3. The van der Waals surface area contributed by atoms with Crippen molar-refractivity contribution in [2.45, 2.75) is 6.61 Å². The Morgan fingerprint density at radius 3 is 2.85 bits per heavy atom. The average Bonchev–Trinajstić information content (AvgIpc) is 3.24. The number of fused-ring (bicyclic) bond motifs is 1. The molecule has 0 aliphatic heterocycles. The summed E-state index contributed by atoms with van der Waals surface area (Å²) < 4.78 is 24.3. The molecule has 3 heterocycles. The third-order valence-electron chi connectivity index (χ3n) is 4.00. The van der Waals surface area contributed by atoms with Crippen molar-refractivity contribution >= 4 is 5.65 Å². The van der Waals surface area contributed by atoms with E-state index in [9.17, 15) is 9.18 Å². The van der Waals surface area contributed by atoms with Crippen LogP contribution in [0.25, 0.3) is 16.9 Å². The van der Waals surface area contributed by atoms with E-state index in [0.717, 1.165) is 0 Å². The molecule has 4 aromatic rings. The maximum atomic E-state index is 14.1. The summed E-state index contributed by atoms with van der Waals surface area (Å²) >= 11 is 0. The molecular weight excluding hydrogens is 339 g/mol. The summed E-state index contributed by atoms with van der Waals surface area (Å²) in [6.45, 7) is 0.0991. The van der Waals surface area contributed by atoms with Crippen LogP contribution < -0.4 is 10.3 Å². The molecule has 3 aromatic heterocycles. The van der Waals surface area contributed by atoms with Crippen molar-refractivity contribution in [1.82, 2.24) is 28.9 Å². The van der Waals surface area contributed by atoms with E-state index in [2.05, 4.69) is 15.3 Å². The van der Waals surface area contributed by atoms with Crippen LogP contribution in [0.3, 0.4) is 0 Å². The molecule has 0 saturated heterocycles. The van der Waals surface area contributed by atoms with Gasteiger partial charge < -0.3 is 9.30 Å². The van der Waals surface area contributed by atoms with Crippen LogP contribution in [-0.2, 0) is 20.7 Å². The van der Waals surface area contributed by atoms with Crippen LogP contribution >= 0.6 is 0 Å². The first-order valence-electron chi connectivity index (χ1n) is 7.83. The van der Waals surface area contributed by atoms with Gasteiger partial charge in [0.25, 0.3) is 5.56 Å². The van der Waals surface area contributed by atoms with Gasteiger partial charge in [-0.05, 0) is 18.2 Å². The minimum Gasteiger partial charge on any atom is -0.484 e. The fraction of sp³-hybridized carbons (Fsp3) is 0.176. The predicted octanol–water partition coefficient (Wildman–Crippen LogP) is 1.55. The number of imidazole rings is 1. The molecule has 132 valence electrons. The number of nitrogens with zero attached hydrogens (tertiary/aromatic N) is 6. The SMILES string of the molecule is Cn1cc(COc2cc(-c3cnc4c(=O)n(C)ccn34)ccc2F)nn1. The molecule has 8 nitrogen and oxygen atoms in total. The zero-order valence-corrected chi connectivity index (χ0v) is 14.1. The van der Waals surface area contributed by atoms with Crippen molar-refractivity contribution in [2.75, 3.05) is 0 Å². The van der Waals surface area contributed by atoms with Gasteiger partial charge >= 0.3 is 0 Å².